The van der Waals surface area contributed by atoms with E-state index in [1.54, 1.807) is 14.1 Å². The standard InChI is InChI=1S/C24H18ClF6N5/c1-35(2)17-4-3-12(19(27)20(17)28)22-21-11(13-9-14(25)15(26)10-16(13)33-21)6-8-36(22)23-32-7-5-18(34-23)24(29,30)31/h3-5,7,9-10,22,33H,6,8H2,1-2H3. The molecule has 5 rings (SSSR count). The molecule has 0 radical (unpaired) electrons. The van der Waals surface area contributed by atoms with Crippen molar-refractivity contribution < 1.29 is 26.3 Å². The van der Waals surface area contributed by atoms with Gasteiger partial charge in [0, 0.05) is 49.0 Å². The lowest BCUT2D eigenvalue weighted by Gasteiger charge is -2.36. The molecular formula is C24H18ClF6N5. The van der Waals surface area contributed by atoms with Crippen LogP contribution in [0.5, 0.6) is 0 Å². The number of hydrogen-bond donors (Lipinski definition) is 1. The maximum atomic E-state index is 15.5. The number of H-pyrrole nitrogens is 1. The Bertz CT molecular complexity index is 1480. The lowest BCUT2D eigenvalue weighted by atomic mass is 9.92. The van der Waals surface area contributed by atoms with Gasteiger partial charge in [0.05, 0.1) is 10.7 Å². The second kappa shape index (κ2) is 8.58. The molecule has 2 aromatic carbocycles. The van der Waals surface area contributed by atoms with E-state index >= 15 is 8.78 Å². The SMILES string of the molecule is CN(C)c1ccc(C2c3[nH]c4cc(F)c(Cl)cc4c3CCN2c2nccc(C(F)(F)F)n2)c(F)c1F. The van der Waals surface area contributed by atoms with E-state index in [1.165, 1.54) is 34.1 Å². The van der Waals surface area contributed by atoms with Crippen molar-refractivity contribution in [1.29, 1.82) is 0 Å². The molecule has 0 saturated heterocycles. The third kappa shape index (κ3) is 3.91. The molecule has 1 unspecified atom stereocenters. The van der Waals surface area contributed by atoms with Crippen molar-refractivity contribution in [3.8, 4) is 0 Å². The van der Waals surface area contributed by atoms with Crippen LogP contribution in [-0.2, 0) is 12.6 Å². The van der Waals surface area contributed by atoms with Crippen molar-refractivity contribution in [1.82, 2.24) is 15.0 Å². The summed E-state index contributed by atoms with van der Waals surface area (Å²) in [7, 11) is 3.10. The van der Waals surface area contributed by atoms with Crippen molar-refractivity contribution in [2.75, 3.05) is 30.4 Å². The van der Waals surface area contributed by atoms with Gasteiger partial charge in [-0.05, 0) is 36.2 Å². The van der Waals surface area contributed by atoms with Crippen LogP contribution in [0.25, 0.3) is 10.9 Å². The van der Waals surface area contributed by atoms with Crippen LogP contribution in [0.3, 0.4) is 0 Å². The van der Waals surface area contributed by atoms with E-state index in [4.69, 9.17) is 11.6 Å². The highest BCUT2D eigenvalue weighted by molar-refractivity contribution is 6.31. The van der Waals surface area contributed by atoms with Crippen molar-refractivity contribution in [3.63, 3.8) is 0 Å². The molecule has 1 aliphatic rings. The fraction of sp³-hybridized carbons (Fsp3) is 0.250. The van der Waals surface area contributed by atoms with Crippen molar-refractivity contribution in [2.45, 2.75) is 18.6 Å². The minimum atomic E-state index is -4.73. The highest BCUT2D eigenvalue weighted by Crippen LogP contribution is 2.43. The maximum Gasteiger partial charge on any atom is 0.433 e. The van der Waals surface area contributed by atoms with E-state index in [9.17, 15) is 17.6 Å². The number of alkyl halides is 3. The first-order valence-electron chi connectivity index (χ1n) is 10.8. The predicted molar refractivity (Wildman–Crippen MR) is 124 cm³/mol. The summed E-state index contributed by atoms with van der Waals surface area (Å²) < 4.78 is 84.8. The van der Waals surface area contributed by atoms with Crippen molar-refractivity contribution >= 4 is 34.1 Å². The van der Waals surface area contributed by atoms with Crippen LogP contribution < -0.4 is 9.80 Å². The molecule has 12 heteroatoms. The molecular weight excluding hydrogens is 508 g/mol. The Hall–Kier alpha value is -3.47. The Kier molecular flexibility index (Phi) is 5.77. The Labute approximate surface area is 206 Å². The first-order chi connectivity index (χ1) is 17.0. The zero-order valence-electron chi connectivity index (χ0n) is 18.9. The van der Waals surface area contributed by atoms with Crippen LogP contribution in [-0.4, -0.2) is 35.6 Å². The molecule has 1 aliphatic heterocycles. The van der Waals surface area contributed by atoms with Crippen LogP contribution >= 0.6 is 11.6 Å². The average Bonchev–Trinajstić information content (AvgIpc) is 3.17. The van der Waals surface area contributed by atoms with Gasteiger partial charge in [0.15, 0.2) is 11.6 Å². The van der Waals surface area contributed by atoms with E-state index in [0.29, 0.717) is 22.2 Å². The Morgan fingerprint density at radius 1 is 1.08 bits per heavy atom. The summed E-state index contributed by atoms with van der Waals surface area (Å²) in [5.41, 5.74) is 0.0750. The molecule has 0 saturated carbocycles. The predicted octanol–water partition coefficient (Wildman–Crippen LogP) is 6.27. The van der Waals surface area contributed by atoms with Gasteiger partial charge >= 0.3 is 6.18 Å². The smallest absolute Gasteiger partial charge is 0.375 e. The average molecular weight is 526 g/mol. The third-order valence-electron chi connectivity index (χ3n) is 6.23. The van der Waals surface area contributed by atoms with E-state index in [1.807, 2.05) is 0 Å². The number of aromatic amines is 1. The number of benzene rings is 2. The second-order valence-corrected chi connectivity index (χ2v) is 9.02. The van der Waals surface area contributed by atoms with Crippen molar-refractivity contribution in [3.05, 3.63) is 81.5 Å². The van der Waals surface area contributed by atoms with Gasteiger partial charge in [0.1, 0.15) is 17.6 Å². The third-order valence-corrected chi connectivity index (χ3v) is 6.52. The highest BCUT2D eigenvalue weighted by atomic mass is 35.5. The number of nitrogens with zero attached hydrogens (tertiary/aromatic N) is 4. The van der Waals surface area contributed by atoms with Gasteiger partial charge in [-0.3, -0.25) is 0 Å². The Balaban J connectivity index is 1.75. The number of nitrogens with one attached hydrogen (secondary N) is 1. The van der Waals surface area contributed by atoms with Gasteiger partial charge in [-0.1, -0.05) is 17.7 Å². The zero-order valence-corrected chi connectivity index (χ0v) is 19.6. The normalized spacial score (nSPS) is 15.9. The quantitative estimate of drug-likeness (QED) is 0.321. The number of aromatic nitrogens is 3. The number of rotatable bonds is 3. The first kappa shape index (κ1) is 24.2. The van der Waals surface area contributed by atoms with Crippen LogP contribution in [0, 0.1) is 17.5 Å². The molecule has 4 aromatic rings. The molecule has 188 valence electrons. The topological polar surface area (TPSA) is 48.1 Å². The fourth-order valence-electron chi connectivity index (χ4n) is 4.58. The van der Waals surface area contributed by atoms with Crippen LogP contribution in [0.2, 0.25) is 5.02 Å². The summed E-state index contributed by atoms with van der Waals surface area (Å²) in [6.45, 7) is 0.0808. The number of fused-ring (bicyclic) bond motifs is 3. The molecule has 1 atom stereocenters. The zero-order chi connectivity index (χ0) is 25.9. The summed E-state index contributed by atoms with van der Waals surface area (Å²) >= 11 is 5.98. The highest BCUT2D eigenvalue weighted by Gasteiger charge is 2.38. The first-order valence-corrected chi connectivity index (χ1v) is 11.2. The van der Waals surface area contributed by atoms with Crippen LogP contribution in [0.4, 0.5) is 38.0 Å². The summed E-state index contributed by atoms with van der Waals surface area (Å²) in [5, 5.41) is 0.467. The molecule has 0 spiro atoms. The number of hydrogen-bond acceptors (Lipinski definition) is 4. The molecule has 1 N–H and O–H groups in total. The van der Waals surface area contributed by atoms with Gasteiger partial charge < -0.3 is 14.8 Å². The molecule has 2 aromatic heterocycles. The van der Waals surface area contributed by atoms with Gasteiger partial charge in [0.2, 0.25) is 5.95 Å². The molecule has 5 nitrogen and oxygen atoms in total. The summed E-state index contributed by atoms with van der Waals surface area (Å²) in [5.74, 6) is -3.26. The molecule has 0 amide bonds. The van der Waals surface area contributed by atoms with Crippen LogP contribution in [0.15, 0.2) is 36.5 Å². The molecule has 3 heterocycles. The second-order valence-electron chi connectivity index (χ2n) is 8.61. The van der Waals surface area contributed by atoms with Crippen molar-refractivity contribution in [2.24, 2.45) is 0 Å². The van der Waals surface area contributed by atoms with E-state index in [-0.39, 0.29) is 35.2 Å². The summed E-state index contributed by atoms with van der Waals surface area (Å²) in [6, 6.07) is 4.97. The maximum absolute atomic E-state index is 15.5. The molecule has 36 heavy (non-hydrogen) atoms. The monoisotopic (exact) mass is 525 g/mol. The molecule has 0 bridgehead atoms. The van der Waals surface area contributed by atoms with E-state index in [2.05, 4.69) is 15.0 Å². The summed E-state index contributed by atoms with van der Waals surface area (Å²) in [6.07, 6.45) is -3.48. The minimum Gasteiger partial charge on any atom is -0.375 e. The van der Waals surface area contributed by atoms with Crippen LogP contribution in [0.1, 0.15) is 28.6 Å². The Morgan fingerprint density at radius 2 is 1.83 bits per heavy atom. The lowest BCUT2D eigenvalue weighted by Crippen LogP contribution is -2.38. The minimum absolute atomic E-state index is 0.000323. The largest absolute Gasteiger partial charge is 0.433 e. The fourth-order valence-corrected chi connectivity index (χ4v) is 4.74. The summed E-state index contributed by atoms with van der Waals surface area (Å²) in [4.78, 5) is 13.5. The van der Waals surface area contributed by atoms with Gasteiger partial charge in [-0.2, -0.15) is 13.2 Å². The van der Waals surface area contributed by atoms with E-state index < -0.39 is 35.4 Å². The Morgan fingerprint density at radius 3 is 2.53 bits per heavy atom. The van der Waals surface area contributed by atoms with Gasteiger partial charge in [-0.15, -0.1) is 0 Å². The lowest BCUT2D eigenvalue weighted by molar-refractivity contribution is -0.141. The van der Waals surface area contributed by atoms with Gasteiger partial charge in [0.25, 0.3) is 0 Å². The van der Waals surface area contributed by atoms with E-state index in [0.717, 1.165) is 12.3 Å². The van der Waals surface area contributed by atoms with Gasteiger partial charge in [-0.25, -0.2) is 23.1 Å². The number of anilines is 2. The molecule has 0 fully saturated rings. The molecule has 0 aliphatic carbocycles. The number of halogens is 7.